The summed E-state index contributed by atoms with van der Waals surface area (Å²) in [6, 6.07) is 20.8. The van der Waals surface area contributed by atoms with E-state index >= 15 is 0 Å². The van der Waals surface area contributed by atoms with Crippen LogP contribution in [0.15, 0.2) is 54.6 Å². The number of hydrogen-bond donors (Lipinski definition) is 0. The fraction of sp³-hybridized carbons (Fsp3) is 0.455. The molecule has 2 nitrogen and oxygen atoms in total. The summed E-state index contributed by atoms with van der Waals surface area (Å²) in [5.41, 5.74) is 2.73. The van der Waals surface area contributed by atoms with Crippen molar-refractivity contribution < 1.29 is 4.74 Å². The van der Waals surface area contributed by atoms with Crippen LogP contribution in [0, 0.1) is 6.92 Å². The Morgan fingerprint density at radius 1 is 0.917 bits per heavy atom. The maximum Gasteiger partial charge on any atom is 0.119 e. The van der Waals surface area contributed by atoms with Crippen LogP contribution < -0.4 is 4.74 Å². The number of benzene rings is 2. The summed E-state index contributed by atoms with van der Waals surface area (Å²) in [5, 5.41) is 0. The molecule has 0 radical (unpaired) electrons. The molecule has 2 fully saturated rings. The van der Waals surface area contributed by atoms with Crippen molar-refractivity contribution in [3.8, 4) is 5.75 Å². The molecule has 2 heteroatoms. The van der Waals surface area contributed by atoms with Crippen LogP contribution in [0.1, 0.15) is 43.2 Å². The molecule has 2 aromatic carbocycles. The highest BCUT2D eigenvalue weighted by molar-refractivity contribution is 5.26. The molecule has 126 valence electrons. The highest BCUT2D eigenvalue weighted by Crippen LogP contribution is 2.36. The van der Waals surface area contributed by atoms with E-state index in [-0.39, 0.29) is 0 Å². The average Bonchev–Trinajstić information content (AvgIpc) is 2.58. The molecule has 2 unspecified atom stereocenters. The highest BCUT2D eigenvalue weighted by atomic mass is 16.5. The molecular formula is C22H27NO. The van der Waals surface area contributed by atoms with Crippen molar-refractivity contribution >= 4 is 0 Å². The summed E-state index contributed by atoms with van der Waals surface area (Å²) >= 11 is 0. The molecule has 0 spiro atoms. The summed E-state index contributed by atoms with van der Waals surface area (Å²) in [4.78, 5) is 2.74. The van der Waals surface area contributed by atoms with Gasteiger partial charge in [0.15, 0.2) is 0 Å². The minimum Gasteiger partial charge on any atom is -0.490 e. The van der Waals surface area contributed by atoms with Crippen LogP contribution in [0.5, 0.6) is 5.75 Å². The number of rotatable bonds is 4. The third kappa shape index (κ3) is 3.49. The number of aryl methyl sites for hydroxylation is 1. The lowest BCUT2D eigenvalue weighted by Gasteiger charge is -2.48. The van der Waals surface area contributed by atoms with Gasteiger partial charge < -0.3 is 4.74 Å². The smallest absolute Gasteiger partial charge is 0.119 e. The molecule has 0 amide bonds. The van der Waals surface area contributed by atoms with E-state index in [0.717, 1.165) is 25.1 Å². The van der Waals surface area contributed by atoms with E-state index in [4.69, 9.17) is 4.74 Å². The van der Waals surface area contributed by atoms with Crippen LogP contribution in [0.2, 0.25) is 0 Å². The fourth-order valence-corrected chi connectivity index (χ4v) is 4.39. The van der Waals surface area contributed by atoms with Gasteiger partial charge in [-0.1, -0.05) is 54.4 Å². The number of fused-ring (bicyclic) bond motifs is 2. The average molecular weight is 321 g/mol. The van der Waals surface area contributed by atoms with E-state index < -0.39 is 0 Å². The Kier molecular flexibility index (Phi) is 4.57. The molecule has 0 saturated carbocycles. The summed E-state index contributed by atoms with van der Waals surface area (Å²) in [5.74, 6) is 1.03. The molecule has 0 N–H and O–H groups in total. The first-order valence-electron chi connectivity index (χ1n) is 9.31. The first-order valence-corrected chi connectivity index (χ1v) is 9.31. The molecule has 0 aromatic heterocycles. The van der Waals surface area contributed by atoms with Crippen LogP contribution in [-0.2, 0) is 6.54 Å². The summed E-state index contributed by atoms with van der Waals surface area (Å²) in [7, 11) is 0. The maximum absolute atomic E-state index is 6.32. The van der Waals surface area contributed by atoms with Crippen LogP contribution in [0.25, 0.3) is 0 Å². The van der Waals surface area contributed by atoms with Gasteiger partial charge in [-0.05, 0) is 50.3 Å². The molecule has 2 saturated heterocycles. The van der Waals surface area contributed by atoms with Crippen LogP contribution >= 0.6 is 0 Å². The zero-order valence-corrected chi connectivity index (χ0v) is 14.5. The molecule has 2 aromatic rings. The van der Waals surface area contributed by atoms with Crippen LogP contribution in [0.4, 0.5) is 0 Å². The first kappa shape index (κ1) is 15.7. The van der Waals surface area contributed by atoms with Gasteiger partial charge in [0.2, 0.25) is 0 Å². The molecule has 0 aliphatic carbocycles. The minimum absolute atomic E-state index is 0.370. The number of hydrogen-bond acceptors (Lipinski definition) is 2. The SMILES string of the molecule is Cc1ccc(OC2CC3CCCC(C2)N3Cc2ccccc2)cc1. The van der Waals surface area contributed by atoms with E-state index in [0.29, 0.717) is 18.2 Å². The Labute approximate surface area is 145 Å². The third-order valence-corrected chi connectivity index (χ3v) is 5.61. The van der Waals surface area contributed by atoms with Gasteiger partial charge in [0.1, 0.15) is 11.9 Å². The Morgan fingerprint density at radius 2 is 1.58 bits per heavy atom. The molecule has 2 bridgehead atoms. The lowest BCUT2D eigenvalue weighted by Crippen LogP contribution is -2.53. The molecular weight excluding hydrogens is 294 g/mol. The number of piperidine rings is 2. The summed E-state index contributed by atoms with van der Waals surface area (Å²) in [6.07, 6.45) is 6.70. The Bertz CT molecular complexity index is 637. The van der Waals surface area contributed by atoms with Gasteiger partial charge in [0.05, 0.1) is 0 Å². The third-order valence-electron chi connectivity index (χ3n) is 5.61. The zero-order chi connectivity index (χ0) is 16.4. The fourth-order valence-electron chi connectivity index (χ4n) is 4.39. The van der Waals surface area contributed by atoms with Gasteiger partial charge >= 0.3 is 0 Å². The molecule has 2 heterocycles. The summed E-state index contributed by atoms with van der Waals surface area (Å²) in [6.45, 7) is 3.21. The monoisotopic (exact) mass is 321 g/mol. The Morgan fingerprint density at radius 3 is 2.25 bits per heavy atom. The quantitative estimate of drug-likeness (QED) is 0.789. The van der Waals surface area contributed by atoms with E-state index in [1.807, 2.05) is 0 Å². The highest BCUT2D eigenvalue weighted by Gasteiger charge is 2.38. The molecule has 2 aliphatic heterocycles. The zero-order valence-electron chi connectivity index (χ0n) is 14.5. The van der Waals surface area contributed by atoms with Gasteiger partial charge in [-0.15, -0.1) is 0 Å². The Hall–Kier alpha value is -1.80. The topological polar surface area (TPSA) is 12.5 Å². The van der Waals surface area contributed by atoms with Crippen molar-refractivity contribution in [1.82, 2.24) is 4.90 Å². The van der Waals surface area contributed by atoms with Crippen LogP contribution in [0.3, 0.4) is 0 Å². The standard InChI is InChI=1S/C22H27NO/c1-17-10-12-21(13-11-17)24-22-14-19-8-5-9-20(15-22)23(19)16-18-6-3-2-4-7-18/h2-4,6-7,10-13,19-20,22H,5,8-9,14-16H2,1H3. The van der Waals surface area contributed by atoms with Crippen LogP contribution in [-0.4, -0.2) is 23.1 Å². The molecule has 2 aliphatic rings. The molecule has 24 heavy (non-hydrogen) atoms. The van der Waals surface area contributed by atoms with E-state index in [1.54, 1.807) is 0 Å². The van der Waals surface area contributed by atoms with E-state index in [9.17, 15) is 0 Å². The van der Waals surface area contributed by atoms with Gasteiger partial charge in [-0.3, -0.25) is 4.90 Å². The molecule has 2 atom stereocenters. The van der Waals surface area contributed by atoms with Crippen molar-refractivity contribution in [2.24, 2.45) is 0 Å². The van der Waals surface area contributed by atoms with Gasteiger partial charge in [-0.25, -0.2) is 0 Å². The minimum atomic E-state index is 0.370. The predicted molar refractivity (Wildman–Crippen MR) is 98.2 cm³/mol. The second-order valence-electron chi connectivity index (χ2n) is 7.42. The number of ether oxygens (including phenoxy) is 1. The molecule has 4 rings (SSSR count). The van der Waals surface area contributed by atoms with Gasteiger partial charge in [-0.2, -0.15) is 0 Å². The van der Waals surface area contributed by atoms with Crippen molar-refractivity contribution in [2.45, 2.75) is 63.8 Å². The normalized spacial score (nSPS) is 27.0. The second kappa shape index (κ2) is 6.98. The van der Waals surface area contributed by atoms with Crippen molar-refractivity contribution in [2.75, 3.05) is 0 Å². The lowest BCUT2D eigenvalue weighted by atomic mass is 9.82. The van der Waals surface area contributed by atoms with E-state index in [2.05, 4.69) is 66.4 Å². The predicted octanol–water partition coefficient (Wildman–Crippen LogP) is 4.96. The maximum atomic E-state index is 6.32. The Balaban J connectivity index is 1.43. The van der Waals surface area contributed by atoms with Crippen molar-refractivity contribution in [3.63, 3.8) is 0 Å². The van der Waals surface area contributed by atoms with Gasteiger partial charge in [0.25, 0.3) is 0 Å². The lowest BCUT2D eigenvalue weighted by molar-refractivity contribution is -0.0221. The largest absolute Gasteiger partial charge is 0.490 e. The first-order chi connectivity index (χ1) is 11.8. The van der Waals surface area contributed by atoms with E-state index in [1.165, 1.54) is 30.4 Å². The van der Waals surface area contributed by atoms with Gasteiger partial charge in [0, 0.05) is 18.6 Å². The number of nitrogens with zero attached hydrogens (tertiary/aromatic N) is 1. The second-order valence-corrected chi connectivity index (χ2v) is 7.42. The van der Waals surface area contributed by atoms with Crippen molar-refractivity contribution in [3.05, 3.63) is 65.7 Å². The summed E-state index contributed by atoms with van der Waals surface area (Å²) < 4.78 is 6.32. The van der Waals surface area contributed by atoms with Crippen molar-refractivity contribution in [1.29, 1.82) is 0 Å².